The van der Waals surface area contributed by atoms with Crippen LogP contribution in [0.5, 0.6) is 0 Å². The molecular formula is C15H22F4O. The highest BCUT2D eigenvalue weighted by molar-refractivity contribution is 4.92. The second-order valence-electron chi connectivity index (χ2n) is 6.29. The monoisotopic (exact) mass is 294 g/mol. The van der Waals surface area contributed by atoms with E-state index in [1.807, 2.05) is 0 Å². The van der Waals surface area contributed by atoms with Gasteiger partial charge in [-0.05, 0) is 43.4 Å². The van der Waals surface area contributed by atoms with E-state index in [1.54, 1.807) is 0 Å². The summed E-state index contributed by atoms with van der Waals surface area (Å²) in [6.45, 7) is 2.20. The molecule has 2 saturated carbocycles. The minimum atomic E-state index is -2.06. The Kier molecular flexibility index (Phi) is 5.33. The van der Waals surface area contributed by atoms with Crippen LogP contribution in [0.3, 0.4) is 0 Å². The van der Waals surface area contributed by atoms with Crippen LogP contribution in [0.25, 0.3) is 0 Å². The molecule has 0 radical (unpaired) electrons. The van der Waals surface area contributed by atoms with Gasteiger partial charge in [-0.15, -0.1) is 0 Å². The summed E-state index contributed by atoms with van der Waals surface area (Å²) in [7, 11) is 0. The van der Waals surface area contributed by atoms with E-state index in [4.69, 9.17) is 0 Å². The van der Waals surface area contributed by atoms with Crippen LogP contribution >= 0.6 is 0 Å². The molecule has 5 heteroatoms. The molecule has 2 unspecified atom stereocenters. The maximum absolute atomic E-state index is 14.0. The lowest BCUT2D eigenvalue weighted by atomic mass is 9.70. The third-order valence-corrected chi connectivity index (χ3v) is 4.81. The van der Waals surface area contributed by atoms with Gasteiger partial charge in [-0.25, -0.2) is 8.78 Å². The zero-order valence-electron chi connectivity index (χ0n) is 11.7. The Morgan fingerprint density at radius 1 is 0.950 bits per heavy atom. The molecule has 0 heterocycles. The average molecular weight is 294 g/mol. The van der Waals surface area contributed by atoms with Gasteiger partial charge < -0.3 is 4.74 Å². The van der Waals surface area contributed by atoms with Gasteiger partial charge in [0.05, 0.1) is 0 Å². The zero-order valence-corrected chi connectivity index (χ0v) is 11.7. The number of rotatable bonds is 3. The first kappa shape index (κ1) is 15.6. The highest BCUT2D eigenvalue weighted by Gasteiger charge is 2.42. The Balaban J connectivity index is 1.90. The van der Waals surface area contributed by atoms with E-state index in [0.717, 1.165) is 25.7 Å². The lowest BCUT2D eigenvalue weighted by molar-refractivity contribution is -0.0584. The quantitative estimate of drug-likeness (QED) is 0.524. The van der Waals surface area contributed by atoms with Gasteiger partial charge in [0.1, 0.15) is 18.6 Å². The van der Waals surface area contributed by atoms with Crippen molar-refractivity contribution in [2.24, 2.45) is 17.8 Å². The molecule has 0 aliphatic heterocycles. The molecule has 0 saturated heterocycles. The van der Waals surface area contributed by atoms with Crippen molar-refractivity contribution in [1.29, 1.82) is 0 Å². The molecule has 2 aliphatic carbocycles. The summed E-state index contributed by atoms with van der Waals surface area (Å²) < 4.78 is 56.4. The Morgan fingerprint density at radius 3 is 2.00 bits per heavy atom. The summed E-state index contributed by atoms with van der Waals surface area (Å²) in [5, 5.41) is 0. The highest BCUT2D eigenvalue weighted by Crippen LogP contribution is 2.42. The highest BCUT2D eigenvalue weighted by atomic mass is 19.3. The molecule has 20 heavy (non-hydrogen) atoms. The van der Waals surface area contributed by atoms with E-state index in [0.29, 0.717) is 11.8 Å². The fraction of sp³-hybridized carbons (Fsp3) is 0.867. The summed E-state index contributed by atoms with van der Waals surface area (Å²) in [5.41, 5.74) is 0. The van der Waals surface area contributed by atoms with E-state index < -0.39 is 24.5 Å². The fourth-order valence-electron chi connectivity index (χ4n) is 3.61. The SMILES string of the molecule is CC1CCC(C2CC(F)C(OC=C(F)F)C(F)C2)CC1. The summed E-state index contributed by atoms with van der Waals surface area (Å²) in [4.78, 5) is 0. The third kappa shape index (κ3) is 3.89. The van der Waals surface area contributed by atoms with E-state index >= 15 is 0 Å². The first-order chi connectivity index (χ1) is 9.47. The maximum atomic E-state index is 14.0. The van der Waals surface area contributed by atoms with Crippen molar-refractivity contribution in [3.05, 3.63) is 12.3 Å². The van der Waals surface area contributed by atoms with Crippen LogP contribution < -0.4 is 0 Å². The van der Waals surface area contributed by atoms with Gasteiger partial charge in [0.2, 0.25) is 0 Å². The smallest absolute Gasteiger partial charge is 0.304 e. The number of alkyl halides is 2. The van der Waals surface area contributed by atoms with Crippen LogP contribution in [-0.4, -0.2) is 18.4 Å². The summed E-state index contributed by atoms with van der Waals surface area (Å²) in [6.07, 6.45) is -1.55. The number of halogens is 4. The van der Waals surface area contributed by atoms with Crippen LogP contribution in [0.2, 0.25) is 0 Å². The van der Waals surface area contributed by atoms with Gasteiger partial charge in [-0.2, -0.15) is 8.78 Å². The molecule has 0 aromatic rings. The second-order valence-corrected chi connectivity index (χ2v) is 6.29. The Hall–Kier alpha value is -0.740. The van der Waals surface area contributed by atoms with Crippen molar-refractivity contribution in [3.8, 4) is 0 Å². The Bertz CT molecular complexity index is 323. The number of ether oxygens (including phenoxy) is 1. The zero-order chi connectivity index (χ0) is 14.7. The van der Waals surface area contributed by atoms with E-state index in [2.05, 4.69) is 11.7 Å². The third-order valence-electron chi connectivity index (χ3n) is 4.81. The molecule has 0 spiro atoms. The van der Waals surface area contributed by atoms with Crippen LogP contribution in [0.1, 0.15) is 45.4 Å². The minimum absolute atomic E-state index is 0.0200. The van der Waals surface area contributed by atoms with Gasteiger partial charge in [-0.3, -0.25) is 0 Å². The fourth-order valence-corrected chi connectivity index (χ4v) is 3.61. The van der Waals surface area contributed by atoms with Crippen molar-refractivity contribution in [2.75, 3.05) is 0 Å². The first-order valence-corrected chi connectivity index (χ1v) is 7.42. The molecule has 0 aromatic heterocycles. The molecule has 2 rings (SSSR count). The van der Waals surface area contributed by atoms with E-state index in [9.17, 15) is 17.6 Å². The Morgan fingerprint density at radius 2 is 1.50 bits per heavy atom. The lowest BCUT2D eigenvalue weighted by Gasteiger charge is -2.39. The largest absolute Gasteiger partial charge is 0.486 e. The summed E-state index contributed by atoms with van der Waals surface area (Å²) >= 11 is 0. The van der Waals surface area contributed by atoms with Crippen LogP contribution in [-0.2, 0) is 4.74 Å². The molecule has 0 amide bonds. The topological polar surface area (TPSA) is 9.23 Å². The number of hydrogen-bond acceptors (Lipinski definition) is 1. The standard InChI is InChI=1S/C15H22F4O/c1-9-2-4-10(5-3-9)11-6-12(16)15(13(17)7-11)20-8-14(18)19/h8-13,15H,2-7H2,1H3. The molecule has 1 nitrogen and oxygen atoms in total. The van der Waals surface area contributed by atoms with Gasteiger partial charge in [0.15, 0.2) is 6.10 Å². The van der Waals surface area contributed by atoms with Crippen molar-refractivity contribution in [3.63, 3.8) is 0 Å². The van der Waals surface area contributed by atoms with Crippen LogP contribution in [0, 0.1) is 17.8 Å². The van der Waals surface area contributed by atoms with Gasteiger partial charge in [0.25, 0.3) is 0 Å². The Labute approximate surface area is 117 Å². The predicted molar refractivity (Wildman–Crippen MR) is 68.8 cm³/mol. The van der Waals surface area contributed by atoms with Crippen molar-refractivity contribution in [2.45, 2.75) is 63.9 Å². The molecular weight excluding hydrogens is 272 g/mol. The maximum Gasteiger partial charge on any atom is 0.304 e. The minimum Gasteiger partial charge on any atom is -0.486 e. The molecule has 116 valence electrons. The van der Waals surface area contributed by atoms with Crippen molar-refractivity contribution < 1.29 is 22.3 Å². The van der Waals surface area contributed by atoms with Crippen molar-refractivity contribution >= 4 is 0 Å². The second kappa shape index (κ2) is 6.81. The van der Waals surface area contributed by atoms with Gasteiger partial charge in [0, 0.05) is 0 Å². The molecule has 0 N–H and O–H groups in total. The molecule has 2 fully saturated rings. The summed E-state index contributed by atoms with van der Waals surface area (Å²) in [5.74, 6) is 1.09. The van der Waals surface area contributed by atoms with E-state index in [-0.39, 0.29) is 25.0 Å². The van der Waals surface area contributed by atoms with Gasteiger partial charge >= 0.3 is 6.08 Å². The molecule has 0 aromatic carbocycles. The van der Waals surface area contributed by atoms with E-state index in [1.165, 1.54) is 0 Å². The van der Waals surface area contributed by atoms with Crippen LogP contribution in [0.15, 0.2) is 12.3 Å². The lowest BCUT2D eigenvalue weighted by Crippen LogP contribution is -2.43. The molecule has 2 atom stereocenters. The average Bonchev–Trinajstić information content (AvgIpc) is 2.38. The van der Waals surface area contributed by atoms with Gasteiger partial charge in [-0.1, -0.05) is 19.8 Å². The van der Waals surface area contributed by atoms with Crippen LogP contribution in [0.4, 0.5) is 17.6 Å². The normalized spacial score (nSPS) is 42.0. The first-order valence-electron chi connectivity index (χ1n) is 7.42. The summed E-state index contributed by atoms with van der Waals surface area (Å²) in [6, 6.07) is 0. The van der Waals surface area contributed by atoms with Crippen molar-refractivity contribution in [1.82, 2.24) is 0 Å². The predicted octanol–water partition coefficient (Wildman–Crippen LogP) is 5.02. The number of hydrogen-bond donors (Lipinski definition) is 0. The molecule has 2 aliphatic rings. The molecule has 0 bridgehead atoms.